The van der Waals surface area contributed by atoms with E-state index in [9.17, 15) is 14.7 Å². The second kappa shape index (κ2) is 9.87. The minimum Gasteiger partial charge on any atom is -0.477 e. The third-order valence-corrected chi connectivity index (χ3v) is 8.79. The molecule has 1 aromatic heterocycles. The fraction of sp³-hybridized carbons (Fsp3) is 0.350. The highest BCUT2D eigenvalue weighted by Gasteiger charge is 2.53. The van der Waals surface area contributed by atoms with Gasteiger partial charge in [0, 0.05) is 24.5 Å². The standard InChI is InChI=1S/C20H21N5O3S4/c1-10-23-24-20(32-10)31-9-13-8-30-18-15(17(26)25(18)16(13)19(27)28)22-14(29)6-11-4-2-3-5-12(11)7-21/h2-5,15,18H,6-9,21H2,1H3,(H,22,29)(H,27,28)/t15?,18-/m1/s1. The Bertz CT molecular complexity index is 1100. The predicted octanol–water partition coefficient (Wildman–Crippen LogP) is 2.18. The molecule has 2 aromatic rings. The average Bonchev–Trinajstić information content (AvgIpc) is 3.20. The van der Waals surface area contributed by atoms with Crippen LogP contribution in [-0.4, -0.2) is 60.0 Å². The number of benzene rings is 1. The third-order valence-electron chi connectivity index (χ3n) is 5.13. The molecule has 1 amide bonds. The van der Waals surface area contributed by atoms with E-state index in [0.29, 0.717) is 35.0 Å². The maximum Gasteiger partial charge on any atom is 0.352 e. The molecule has 32 heavy (non-hydrogen) atoms. The van der Waals surface area contributed by atoms with E-state index >= 15 is 0 Å². The van der Waals surface area contributed by atoms with Crippen LogP contribution in [0.2, 0.25) is 0 Å². The van der Waals surface area contributed by atoms with Gasteiger partial charge in [-0.1, -0.05) is 59.6 Å². The number of aliphatic carboxylic acids is 1. The van der Waals surface area contributed by atoms with Crippen LogP contribution in [0, 0.1) is 6.92 Å². The Morgan fingerprint density at radius 2 is 2.12 bits per heavy atom. The summed E-state index contributed by atoms with van der Waals surface area (Å²) in [5.74, 6) is -0.387. The van der Waals surface area contributed by atoms with Crippen LogP contribution in [0.3, 0.4) is 0 Å². The molecule has 0 aliphatic carbocycles. The fourth-order valence-electron chi connectivity index (χ4n) is 3.61. The van der Waals surface area contributed by atoms with E-state index in [2.05, 4.69) is 15.5 Å². The lowest BCUT2D eigenvalue weighted by atomic mass is 10.0. The Kier molecular flexibility index (Phi) is 7.15. The van der Waals surface area contributed by atoms with E-state index in [4.69, 9.17) is 18.0 Å². The topological polar surface area (TPSA) is 121 Å². The van der Waals surface area contributed by atoms with Gasteiger partial charge in [-0.25, -0.2) is 4.79 Å². The number of aryl methyl sites for hydroxylation is 1. The van der Waals surface area contributed by atoms with Gasteiger partial charge in [0.2, 0.25) is 0 Å². The van der Waals surface area contributed by atoms with Gasteiger partial charge in [-0.2, -0.15) is 0 Å². The van der Waals surface area contributed by atoms with Crippen molar-refractivity contribution < 1.29 is 14.7 Å². The molecule has 1 aromatic carbocycles. The molecule has 3 heterocycles. The van der Waals surface area contributed by atoms with Gasteiger partial charge >= 0.3 is 5.97 Å². The highest BCUT2D eigenvalue weighted by atomic mass is 32.2. The van der Waals surface area contributed by atoms with E-state index in [-0.39, 0.29) is 17.0 Å². The molecule has 0 radical (unpaired) electrons. The number of amides is 1. The smallest absolute Gasteiger partial charge is 0.352 e. The molecule has 4 rings (SSSR count). The predicted molar refractivity (Wildman–Crippen MR) is 131 cm³/mol. The maximum absolute atomic E-state index is 12.9. The van der Waals surface area contributed by atoms with Gasteiger partial charge in [-0.15, -0.1) is 22.0 Å². The quantitative estimate of drug-likeness (QED) is 0.278. The molecule has 2 atom stereocenters. The van der Waals surface area contributed by atoms with Crippen LogP contribution >= 0.6 is 47.1 Å². The minimum absolute atomic E-state index is 0.0740. The number of carbonyl (C=O) groups is 2. The number of aromatic nitrogens is 2. The summed E-state index contributed by atoms with van der Waals surface area (Å²) in [6, 6.07) is 7.24. The normalized spacial score (nSPS) is 20.1. The molecule has 0 saturated carbocycles. The van der Waals surface area contributed by atoms with Crippen molar-refractivity contribution in [3.8, 4) is 0 Å². The highest BCUT2D eigenvalue weighted by molar-refractivity contribution is 8.01. The summed E-state index contributed by atoms with van der Waals surface area (Å²) in [6.45, 7) is 2.28. The van der Waals surface area contributed by atoms with Crippen LogP contribution in [-0.2, 0) is 22.6 Å². The zero-order valence-corrected chi connectivity index (χ0v) is 20.4. The molecule has 1 unspecified atom stereocenters. The summed E-state index contributed by atoms with van der Waals surface area (Å²) in [7, 11) is 0. The van der Waals surface area contributed by atoms with Crippen LogP contribution in [0.15, 0.2) is 39.9 Å². The lowest BCUT2D eigenvalue weighted by Gasteiger charge is -2.49. The number of carboxylic acid groups (broad SMARTS) is 1. The van der Waals surface area contributed by atoms with Crippen molar-refractivity contribution in [2.75, 3.05) is 11.5 Å². The summed E-state index contributed by atoms with van der Waals surface area (Å²) in [5.41, 5.74) is 8.61. The van der Waals surface area contributed by atoms with Crippen molar-refractivity contribution >= 4 is 63.9 Å². The molecule has 0 bridgehead atoms. The minimum atomic E-state index is -1.09. The van der Waals surface area contributed by atoms with Crippen molar-refractivity contribution in [2.24, 2.45) is 5.73 Å². The van der Waals surface area contributed by atoms with E-state index in [1.807, 2.05) is 31.2 Å². The van der Waals surface area contributed by atoms with E-state index in [1.54, 1.807) is 11.8 Å². The number of thioether (sulfide) groups is 2. The number of fused-ring (bicyclic) bond motifs is 1. The van der Waals surface area contributed by atoms with Crippen LogP contribution in [0.5, 0.6) is 0 Å². The number of hydrogen-bond acceptors (Lipinski definition) is 9. The first-order valence-electron chi connectivity index (χ1n) is 9.78. The first-order valence-corrected chi connectivity index (χ1v) is 13.0. The van der Waals surface area contributed by atoms with Crippen LogP contribution in [0.1, 0.15) is 16.1 Å². The molecule has 168 valence electrons. The Morgan fingerprint density at radius 1 is 1.38 bits per heavy atom. The Labute approximate surface area is 203 Å². The summed E-state index contributed by atoms with van der Waals surface area (Å²) in [4.78, 5) is 26.8. The molecule has 1 fully saturated rings. The molecular formula is C20H21N5O3S4. The lowest BCUT2D eigenvalue weighted by Crippen LogP contribution is -2.70. The molecule has 2 aliphatic heterocycles. The fourth-order valence-corrected chi connectivity index (χ4v) is 7.19. The SMILES string of the molecule is Cc1nnc(SCC2=C(C(=O)O)N3C(=O)C(NC(=S)Cc4ccccc4CN)[C@H]3SC2)s1. The molecular weight excluding hydrogens is 487 g/mol. The summed E-state index contributed by atoms with van der Waals surface area (Å²) < 4.78 is 0.782. The number of β-lactam (4-membered cyclic amide) rings is 1. The molecule has 8 nitrogen and oxygen atoms in total. The van der Waals surface area contributed by atoms with Crippen molar-refractivity contribution in [1.82, 2.24) is 20.4 Å². The third kappa shape index (κ3) is 4.69. The van der Waals surface area contributed by atoms with E-state index < -0.39 is 12.0 Å². The Hall–Kier alpha value is -1.99. The van der Waals surface area contributed by atoms with E-state index in [0.717, 1.165) is 20.5 Å². The average molecular weight is 508 g/mol. The van der Waals surface area contributed by atoms with Gasteiger partial charge < -0.3 is 16.2 Å². The number of nitrogens with one attached hydrogen (secondary N) is 1. The van der Waals surface area contributed by atoms with Crippen LogP contribution < -0.4 is 11.1 Å². The van der Waals surface area contributed by atoms with Gasteiger partial charge in [-0.05, 0) is 23.6 Å². The monoisotopic (exact) mass is 507 g/mol. The summed E-state index contributed by atoms with van der Waals surface area (Å²) >= 11 is 9.94. The van der Waals surface area contributed by atoms with Gasteiger partial charge in [0.1, 0.15) is 22.1 Å². The van der Waals surface area contributed by atoms with Crippen LogP contribution in [0.25, 0.3) is 0 Å². The van der Waals surface area contributed by atoms with Crippen molar-refractivity contribution in [2.45, 2.75) is 35.6 Å². The second-order valence-electron chi connectivity index (χ2n) is 7.24. The first kappa shape index (κ1) is 23.2. The molecule has 1 saturated heterocycles. The number of carboxylic acids is 1. The van der Waals surface area contributed by atoms with Gasteiger partial charge in [0.15, 0.2) is 4.34 Å². The molecule has 4 N–H and O–H groups in total. The number of nitrogens with zero attached hydrogens (tertiary/aromatic N) is 3. The summed E-state index contributed by atoms with van der Waals surface area (Å²) in [5, 5.41) is 21.6. The van der Waals surface area contributed by atoms with E-state index in [1.165, 1.54) is 28.0 Å². The van der Waals surface area contributed by atoms with Crippen LogP contribution in [0.4, 0.5) is 0 Å². The van der Waals surface area contributed by atoms with Crippen molar-refractivity contribution in [1.29, 1.82) is 0 Å². The van der Waals surface area contributed by atoms with Gasteiger partial charge in [0.25, 0.3) is 5.91 Å². The first-order chi connectivity index (χ1) is 15.4. The number of hydrogen-bond donors (Lipinski definition) is 3. The molecule has 0 spiro atoms. The zero-order valence-electron chi connectivity index (χ0n) is 17.1. The number of rotatable bonds is 8. The second-order valence-corrected chi connectivity index (χ2v) is 11.2. The number of nitrogens with two attached hydrogens (primary N) is 1. The lowest BCUT2D eigenvalue weighted by molar-refractivity contribution is -0.148. The van der Waals surface area contributed by atoms with Crippen molar-refractivity contribution in [3.63, 3.8) is 0 Å². The number of carbonyl (C=O) groups excluding carboxylic acids is 1. The maximum atomic E-state index is 12.9. The number of thiocarbonyl (C=S) groups is 1. The zero-order chi connectivity index (χ0) is 22.8. The highest BCUT2D eigenvalue weighted by Crippen LogP contribution is 2.41. The van der Waals surface area contributed by atoms with Crippen molar-refractivity contribution in [3.05, 3.63) is 51.7 Å². The molecule has 12 heteroatoms. The molecule has 2 aliphatic rings. The van der Waals surface area contributed by atoms with Gasteiger partial charge in [-0.3, -0.25) is 9.69 Å². The Morgan fingerprint density at radius 3 is 2.78 bits per heavy atom. The summed E-state index contributed by atoms with van der Waals surface area (Å²) in [6.07, 6.45) is 0.481. The van der Waals surface area contributed by atoms with Gasteiger partial charge in [0.05, 0.1) is 4.99 Å². The largest absolute Gasteiger partial charge is 0.477 e. The Balaban J connectivity index is 1.43.